The number of halogens is 3. The van der Waals surface area contributed by atoms with Gasteiger partial charge in [-0.05, 0) is 70.1 Å². The lowest BCUT2D eigenvalue weighted by Crippen LogP contribution is -2.63. The summed E-state index contributed by atoms with van der Waals surface area (Å²) in [4.78, 5) is 57.6. The molecule has 0 radical (unpaired) electrons. The molecule has 3 aliphatic heterocycles. The molecule has 9 atom stereocenters. The number of carbonyl (C=O) groups excluding carboxylic acids is 4. The van der Waals surface area contributed by atoms with Crippen LogP contribution in [0.3, 0.4) is 0 Å². The van der Waals surface area contributed by atoms with Gasteiger partial charge in [0.05, 0.1) is 12.7 Å². The van der Waals surface area contributed by atoms with E-state index in [1.165, 1.54) is 38.3 Å². The van der Waals surface area contributed by atoms with Gasteiger partial charge in [-0.15, -0.1) is 0 Å². The van der Waals surface area contributed by atoms with Crippen LogP contribution in [-0.4, -0.2) is 66.9 Å². The molecule has 6 aliphatic rings. The summed E-state index contributed by atoms with van der Waals surface area (Å²) in [5, 5.41) is 15.9. The highest BCUT2D eigenvalue weighted by Crippen LogP contribution is 2.87. The van der Waals surface area contributed by atoms with Crippen LogP contribution in [0.15, 0.2) is 48.6 Å². The summed E-state index contributed by atoms with van der Waals surface area (Å²) in [5.41, 5.74) is -8.90. The van der Waals surface area contributed by atoms with E-state index in [1.807, 2.05) is 6.92 Å². The minimum atomic E-state index is -5.26. The summed E-state index contributed by atoms with van der Waals surface area (Å²) in [6.07, 6.45) is -3.86. The van der Waals surface area contributed by atoms with E-state index in [1.54, 1.807) is 26.0 Å². The number of hydrogen-bond acceptors (Lipinski definition) is 10. The van der Waals surface area contributed by atoms with Gasteiger partial charge in [0.25, 0.3) is 5.60 Å². The molecule has 2 N–H and O–H groups in total. The number of amides is 1. The second kappa shape index (κ2) is 11.9. The number of hydrogen-bond donors (Lipinski definition) is 2. The van der Waals surface area contributed by atoms with Crippen LogP contribution in [0.1, 0.15) is 91.9 Å². The lowest BCUT2D eigenvalue weighted by Gasteiger charge is -2.49. The number of carbonyl (C=O) groups is 4. The molecular formula is C41H44F3NO10. The van der Waals surface area contributed by atoms with E-state index in [9.17, 15) is 27.9 Å². The van der Waals surface area contributed by atoms with Crippen LogP contribution in [0.4, 0.5) is 13.2 Å². The number of fused-ring (bicyclic) bond motifs is 3. The molecule has 2 aromatic rings. The Morgan fingerprint density at radius 2 is 1.75 bits per heavy atom. The largest absolute Gasteiger partial charge is 0.496 e. The van der Waals surface area contributed by atoms with E-state index in [2.05, 4.69) is 5.32 Å². The molecule has 2 saturated carbocycles. The van der Waals surface area contributed by atoms with E-state index in [-0.39, 0.29) is 42.1 Å². The van der Waals surface area contributed by atoms with E-state index in [4.69, 9.17) is 23.7 Å². The minimum Gasteiger partial charge on any atom is -0.496 e. The van der Waals surface area contributed by atoms with Gasteiger partial charge in [-0.2, -0.15) is 13.2 Å². The van der Waals surface area contributed by atoms with Gasteiger partial charge in [-0.25, -0.2) is 4.79 Å². The van der Waals surface area contributed by atoms with Crippen molar-refractivity contribution in [3.05, 3.63) is 76.4 Å². The van der Waals surface area contributed by atoms with Crippen molar-refractivity contribution < 1.29 is 61.1 Å². The average Bonchev–Trinajstić information content (AvgIpc) is 3.78. The second-order valence-electron chi connectivity index (χ2n) is 16.1. The van der Waals surface area contributed by atoms with Crippen molar-refractivity contribution in [1.82, 2.24) is 5.32 Å². The van der Waals surface area contributed by atoms with Crippen molar-refractivity contribution in [3.8, 4) is 5.75 Å². The van der Waals surface area contributed by atoms with Crippen LogP contribution in [0.5, 0.6) is 5.75 Å². The highest BCUT2D eigenvalue weighted by Gasteiger charge is 2.95. The summed E-state index contributed by atoms with van der Waals surface area (Å²) in [6, 6.07) is 8.05. The van der Waals surface area contributed by atoms with Gasteiger partial charge in [0.2, 0.25) is 5.91 Å². The summed E-state index contributed by atoms with van der Waals surface area (Å²) in [6.45, 7) is 6.62. The zero-order valence-corrected chi connectivity index (χ0v) is 31.4. The van der Waals surface area contributed by atoms with Crippen molar-refractivity contribution in [2.45, 2.75) is 107 Å². The number of esters is 2. The second-order valence-corrected chi connectivity index (χ2v) is 16.1. The first-order valence-corrected chi connectivity index (χ1v) is 18.7. The number of rotatable bonds is 6. The number of ketones is 1. The van der Waals surface area contributed by atoms with Crippen molar-refractivity contribution in [3.63, 3.8) is 0 Å². The Kier molecular flexibility index (Phi) is 8.13. The molecule has 4 unspecified atom stereocenters. The Balaban J connectivity index is 1.31. The van der Waals surface area contributed by atoms with E-state index in [0.717, 1.165) is 19.2 Å². The van der Waals surface area contributed by atoms with Gasteiger partial charge in [0, 0.05) is 48.0 Å². The van der Waals surface area contributed by atoms with Crippen molar-refractivity contribution in [2.24, 2.45) is 22.7 Å². The molecule has 11 nitrogen and oxygen atoms in total. The first-order chi connectivity index (χ1) is 25.9. The fourth-order valence-corrected chi connectivity index (χ4v) is 11.2. The van der Waals surface area contributed by atoms with E-state index < -0.39 is 81.1 Å². The SMILES string of the molecule is CCC1/C=C\[C@H](OC(=O)[C@](OC)(c2ccccc2)C(F)(F)F)[C@H](C)OC(=O)C2(C)C3CC(=O)N[C@@]34C(=O)c3cc(C)c(OC)c5c3[C@]2(OC5(O)CC1)C41CC1. The lowest BCUT2D eigenvalue weighted by atomic mass is 9.60. The fourth-order valence-electron chi connectivity index (χ4n) is 11.2. The Bertz CT molecular complexity index is 2050. The third-order valence-electron chi connectivity index (χ3n) is 13.7. The molecule has 3 heterocycles. The van der Waals surface area contributed by atoms with Crippen LogP contribution in [-0.2, 0) is 50.3 Å². The third kappa shape index (κ3) is 4.33. The zero-order valence-electron chi connectivity index (χ0n) is 31.4. The van der Waals surface area contributed by atoms with E-state index >= 15 is 9.59 Å². The smallest absolute Gasteiger partial charge is 0.432 e. The number of benzene rings is 2. The average molecular weight is 768 g/mol. The van der Waals surface area contributed by atoms with Gasteiger partial charge in [0.1, 0.15) is 28.4 Å². The van der Waals surface area contributed by atoms with Crippen molar-refractivity contribution in [1.29, 1.82) is 0 Å². The maximum atomic E-state index is 15.2. The highest BCUT2D eigenvalue weighted by molar-refractivity contribution is 6.14. The number of allylic oxidation sites excluding steroid dienone is 1. The monoisotopic (exact) mass is 767 g/mol. The maximum Gasteiger partial charge on any atom is 0.432 e. The number of nitrogens with one attached hydrogen (secondary N) is 1. The summed E-state index contributed by atoms with van der Waals surface area (Å²) >= 11 is 0. The molecule has 8 rings (SSSR count). The van der Waals surface area contributed by atoms with Gasteiger partial charge < -0.3 is 34.1 Å². The Labute approximate surface area is 315 Å². The Morgan fingerprint density at radius 1 is 1.05 bits per heavy atom. The standard InChI is InChI=1S/C41H44F3NO10/c1-7-23-13-14-26(54-34(49)39(52-6,41(42,43)44)24-11-9-8-10-12-24)22(3)53-33(48)35(4)27-20-28(46)45-38(27)32(47)25-19-21(2)31(51-5)30-29(25)40(35,36(38)17-18-36)55-37(30,50)16-15-23/h8-14,19,22-23,26-27,50H,7,15-18,20H2,1-6H3,(H,45,46)/b14-13-/t22-,23?,26-,27?,35?,37?,38+,39+,40+/m0/s1. The normalized spacial score (nSPS) is 37.1. The molecule has 1 saturated heterocycles. The van der Waals surface area contributed by atoms with Crippen LogP contribution < -0.4 is 10.1 Å². The number of methoxy groups -OCH3 is 2. The molecule has 3 fully saturated rings. The molecule has 2 aromatic carbocycles. The van der Waals surface area contributed by atoms with E-state index in [0.29, 0.717) is 36.1 Å². The summed E-state index contributed by atoms with van der Waals surface area (Å²) < 4.78 is 74.7. The van der Waals surface area contributed by atoms with Gasteiger partial charge in [-0.3, -0.25) is 14.4 Å². The summed E-state index contributed by atoms with van der Waals surface area (Å²) in [7, 11) is 2.22. The fraction of sp³-hybridized carbons (Fsp3) is 0.561. The zero-order chi connectivity index (χ0) is 39.7. The van der Waals surface area contributed by atoms with Crippen LogP contribution in [0.25, 0.3) is 0 Å². The number of alkyl halides is 3. The molecule has 14 heteroatoms. The predicted molar refractivity (Wildman–Crippen MR) is 186 cm³/mol. The third-order valence-corrected chi connectivity index (χ3v) is 13.7. The molecule has 3 bridgehead atoms. The molecule has 3 spiro atoms. The molecule has 0 aromatic heterocycles. The molecule has 55 heavy (non-hydrogen) atoms. The maximum absolute atomic E-state index is 15.2. The topological polar surface area (TPSA) is 147 Å². The minimum absolute atomic E-state index is 0.0296. The van der Waals surface area contributed by atoms with Crippen LogP contribution >= 0.6 is 0 Å². The lowest BCUT2D eigenvalue weighted by molar-refractivity contribution is -0.305. The summed E-state index contributed by atoms with van der Waals surface area (Å²) in [5.74, 6) is -6.61. The Morgan fingerprint density at radius 3 is 2.35 bits per heavy atom. The van der Waals surface area contributed by atoms with Gasteiger partial charge in [0.15, 0.2) is 17.7 Å². The number of Topliss-reactive ketones (excluding diaryl/α,β-unsaturated/α-hetero) is 1. The van der Waals surface area contributed by atoms with Crippen molar-refractivity contribution in [2.75, 3.05) is 14.2 Å². The Hall–Kier alpha value is -4.27. The molecule has 294 valence electrons. The first kappa shape index (κ1) is 37.6. The van der Waals surface area contributed by atoms with Gasteiger partial charge >= 0.3 is 18.1 Å². The first-order valence-electron chi connectivity index (χ1n) is 18.7. The molecule has 1 amide bonds. The number of cyclic esters (lactones) is 1. The van der Waals surface area contributed by atoms with Crippen LogP contribution in [0, 0.1) is 29.6 Å². The van der Waals surface area contributed by atoms with Gasteiger partial charge in [-0.1, -0.05) is 43.3 Å². The predicted octanol–water partition coefficient (Wildman–Crippen LogP) is 5.57. The molecule has 3 aliphatic carbocycles. The van der Waals surface area contributed by atoms with Crippen molar-refractivity contribution >= 4 is 23.6 Å². The number of ether oxygens (including phenoxy) is 5. The van der Waals surface area contributed by atoms with Crippen LogP contribution in [0.2, 0.25) is 0 Å². The number of aliphatic hydroxyl groups is 1. The molecular weight excluding hydrogens is 723 g/mol. The highest BCUT2D eigenvalue weighted by atomic mass is 19.4. The number of aryl methyl sites for hydroxylation is 1. The quantitative estimate of drug-likeness (QED) is 0.283.